The number of methoxy groups -OCH3 is 2. The highest BCUT2D eigenvalue weighted by molar-refractivity contribution is 7.17. The second-order valence-electron chi connectivity index (χ2n) is 6.43. The Hall–Kier alpha value is -3.07. The molecule has 0 aliphatic carbocycles. The fourth-order valence-electron chi connectivity index (χ4n) is 3.03. The molecule has 154 valence electrons. The first-order chi connectivity index (χ1) is 14.0. The van der Waals surface area contributed by atoms with Crippen molar-refractivity contribution in [3.63, 3.8) is 0 Å². The lowest BCUT2D eigenvalue weighted by Gasteiger charge is -2.14. The van der Waals surface area contributed by atoms with Gasteiger partial charge < -0.3 is 14.8 Å². The molecule has 0 fully saturated rings. The minimum absolute atomic E-state index is 0.215. The van der Waals surface area contributed by atoms with Gasteiger partial charge in [-0.1, -0.05) is 13.3 Å². The first kappa shape index (κ1) is 20.7. The fourth-order valence-corrected chi connectivity index (χ4v) is 3.88. The van der Waals surface area contributed by atoms with Gasteiger partial charge in [-0.15, -0.1) is 11.3 Å². The maximum atomic E-state index is 12.9. The second kappa shape index (κ2) is 8.95. The standard InChI is InChI=1S/C20H23N3O5S/c1-4-5-9-22-19(25)18-15(8-10-29-18)23(20(22)26)12-17(24)21-14-7-6-13(27-2)11-16(14)28-3/h6-8,10-11H,4-5,9,12H2,1-3H3,(H,21,24). The number of unbranched alkanes of at least 4 members (excludes halogenated alkanes) is 1. The van der Waals surface area contributed by atoms with Crippen LogP contribution in [0.25, 0.3) is 10.2 Å². The highest BCUT2D eigenvalue weighted by Gasteiger charge is 2.17. The number of carbonyl (C=O) groups is 1. The van der Waals surface area contributed by atoms with Gasteiger partial charge in [-0.25, -0.2) is 4.79 Å². The van der Waals surface area contributed by atoms with Crippen LogP contribution >= 0.6 is 11.3 Å². The van der Waals surface area contributed by atoms with Crippen molar-refractivity contribution >= 4 is 33.1 Å². The maximum absolute atomic E-state index is 12.9. The van der Waals surface area contributed by atoms with Gasteiger partial charge in [-0.3, -0.25) is 18.7 Å². The second-order valence-corrected chi connectivity index (χ2v) is 7.34. The molecule has 0 spiro atoms. The normalized spacial score (nSPS) is 10.9. The zero-order valence-corrected chi connectivity index (χ0v) is 17.4. The minimum atomic E-state index is -0.480. The molecule has 3 rings (SSSR count). The monoisotopic (exact) mass is 417 g/mol. The summed E-state index contributed by atoms with van der Waals surface area (Å²) in [6.45, 7) is 2.10. The molecule has 8 nitrogen and oxygen atoms in total. The summed E-state index contributed by atoms with van der Waals surface area (Å²) in [5.41, 5.74) is 0.148. The Morgan fingerprint density at radius 1 is 1.14 bits per heavy atom. The van der Waals surface area contributed by atoms with E-state index in [-0.39, 0.29) is 12.1 Å². The molecule has 2 aromatic heterocycles. The molecular formula is C20H23N3O5S. The van der Waals surface area contributed by atoms with E-state index in [1.807, 2.05) is 6.92 Å². The van der Waals surface area contributed by atoms with Crippen molar-refractivity contribution in [3.05, 3.63) is 50.5 Å². The summed E-state index contributed by atoms with van der Waals surface area (Å²) in [7, 11) is 3.03. The van der Waals surface area contributed by atoms with E-state index in [4.69, 9.17) is 9.47 Å². The third-order valence-electron chi connectivity index (χ3n) is 4.56. The summed E-state index contributed by atoms with van der Waals surface area (Å²) in [5.74, 6) is 0.640. The fraction of sp³-hybridized carbons (Fsp3) is 0.350. The van der Waals surface area contributed by atoms with Crippen molar-refractivity contribution in [2.75, 3.05) is 19.5 Å². The maximum Gasteiger partial charge on any atom is 0.332 e. The number of hydrogen-bond donors (Lipinski definition) is 1. The van der Waals surface area contributed by atoms with Gasteiger partial charge in [0.1, 0.15) is 22.7 Å². The van der Waals surface area contributed by atoms with Crippen LogP contribution < -0.4 is 26.0 Å². The van der Waals surface area contributed by atoms with Crippen molar-refractivity contribution in [1.29, 1.82) is 0 Å². The molecule has 0 aliphatic heterocycles. The molecule has 0 radical (unpaired) electrons. The van der Waals surface area contributed by atoms with Gasteiger partial charge in [0.2, 0.25) is 5.91 Å². The zero-order chi connectivity index (χ0) is 21.0. The Kier molecular flexibility index (Phi) is 6.38. The van der Waals surface area contributed by atoms with E-state index in [0.717, 1.165) is 6.42 Å². The number of rotatable bonds is 8. The summed E-state index contributed by atoms with van der Waals surface area (Å²) in [4.78, 5) is 38.2. The molecule has 3 aromatic rings. The summed E-state index contributed by atoms with van der Waals surface area (Å²) in [5, 5.41) is 4.51. The Balaban J connectivity index is 1.94. The van der Waals surface area contributed by atoms with Crippen LogP contribution in [0.5, 0.6) is 11.5 Å². The van der Waals surface area contributed by atoms with E-state index in [0.29, 0.717) is 40.4 Å². The lowest BCUT2D eigenvalue weighted by molar-refractivity contribution is -0.116. The third-order valence-corrected chi connectivity index (χ3v) is 5.45. The number of aromatic nitrogens is 2. The highest BCUT2D eigenvalue weighted by atomic mass is 32.1. The van der Waals surface area contributed by atoms with Crippen molar-refractivity contribution in [2.45, 2.75) is 32.9 Å². The van der Waals surface area contributed by atoms with Crippen molar-refractivity contribution in [3.8, 4) is 11.5 Å². The molecular weight excluding hydrogens is 394 g/mol. The first-order valence-corrected chi connectivity index (χ1v) is 10.1. The number of thiophene rings is 1. The van der Waals surface area contributed by atoms with Gasteiger partial charge in [0, 0.05) is 12.6 Å². The number of benzene rings is 1. The van der Waals surface area contributed by atoms with E-state index >= 15 is 0 Å². The SMILES string of the molecule is CCCCn1c(=O)c2sccc2n(CC(=O)Nc2ccc(OC)cc2OC)c1=O. The van der Waals surface area contributed by atoms with E-state index in [9.17, 15) is 14.4 Å². The van der Waals surface area contributed by atoms with Crippen LogP contribution in [-0.4, -0.2) is 29.3 Å². The van der Waals surface area contributed by atoms with Gasteiger partial charge in [0.15, 0.2) is 0 Å². The molecule has 0 saturated heterocycles. The molecule has 1 N–H and O–H groups in total. The molecule has 0 aliphatic rings. The molecule has 1 aromatic carbocycles. The number of ether oxygens (including phenoxy) is 2. The lowest BCUT2D eigenvalue weighted by atomic mass is 10.2. The van der Waals surface area contributed by atoms with E-state index in [1.54, 1.807) is 36.8 Å². The molecule has 0 unspecified atom stereocenters. The number of nitrogens with zero attached hydrogens (tertiary/aromatic N) is 2. The molecule has 29 heavy (non-hydrogen) atoms. The van der Waals surface area contributed by atoms with Crippen molar-refractivity contribution < 1.29 is 14.3 Å². The number of carbonyl (C=O) groups excluding carboxylic acids is 1. The predicted molar refractivity (Wildman–Crippen MR) is 113 cm³/mol. The molecule has 0 bridgehead atoms. The molecule has 2 heterocycles. The number of amides is 1. The molecule has 1 amide bonds. The average Bonchev–Trinajstić information content (AvgIpc) is 3.21. The summed E-state index contributed by atoms with van der Waals surface area (Å²) in [6, 6.07) is 6.71. The van der Waals surface area contributed by atoms with Gasteiger partial charge in [0.25, 0.3) is 5.56 Å². The van der Waals surface area contributed by atoms with Gasteiger partial charge in [-0.2, -0.15) is 0 Å². The Morgan fingerprint density at radius 2 is 1.93 bits per heavy atom. The van der Waals surface area contributed by atoms with Crippen LogP contribution in [0.4, 0.5) is 5.69 Å². The largest absolute Gasteiger partial charge is 0.497 e. The number of hydrogen-bond acceptors (Lipinski definition) is 6. The number of fused-ring (bicyclic) bond motifs is 1. The number of anilines is 1. The van der Waals surface area contributed by atoms with Crippen LogP contribution in [0, 0.1) is 0 Å². The summed E-state index contributed by atoms with van der Waals surface area (Å²) < 4.78 is 13.5. The van der Waals surface area contributed by atoms with E-state index < -0.39 is 11.6 Å². The van der Waals surface area contributed by atoms with Crippen LogP contribution in [0.2, 0.25) is 0 Å². The van der Waals surface area contributed by atoms with Crippen LogP contribution in [0.3, 0.4) is 0 Å². The van der Waals surface area contributed by atoms with E-state index in [1.165, 1.54) is 27.6 Å². The lowest BCUT2D eigenvalue weighted by Crippen LogP contribution is -2.41. The number of nitrogens with one attached hydrogen (secondary N) is 1. The Labute approximate surface area is 171 Å². The molecule has 0 atom stereocenters. The molecule has 9 heteroatoms. The van der Waals surface area contributed by atoms with E-state index in [2.05, 4.69) is 5.32 Å². The van der Waals surface area contributed by atoms with Crippen molar-refractivity contribution in [2.24, 2.45) is 0 Å². The van der Waals surface area contributed by atoms with Gasteiger partial charge >= 0.3 is 5.69 Å². The summed E-state index contributed by atoms with van der Waals surface area (Å²) in [6.07, 6.45) is 1.56. The van der Waals surface area contributed by atoms with Crippen molar-refractivity contribution in [1.82, 2.24) is 9.13 Å². The average molecular weight is 417 g/mol. The zero-order valence-electron chi connectivity index (χ0n) is 16.6. The first-order valence-electron chi connectivity index (χ1n) is 9.22. The van der Waals surface area contributed by atoms with Gasteiger partial charge in [0.05, 0.1) is 25.4 Å². The third kappa shape index (κ3) is 4.19. The Bertz CT molecular complexity index is 1150. The van der Waals surface area contributed by atoms with Gasteiger partial charge in [-0.05, 0) is 30.0 Å². The quantitative estimate of drug-likeness (QED) is 0.608. The molecule has 0 saturated carbocycles. The predicted octanol–water partition coefficient (Wildman–Crippen LogP) is 2.68. The van der Waals surface area contributed by atoms with Crippen LogP contribution in [-0.2, 0) is 17.9 Å². The smallest absolute Gasteiger partial charge is 0.332 e. The minimum Gasteiger partial charge on any atom is -0.497 e. The highest BCUT2D eigenvalue weighted by Crippen LogP contribution is 2.29. The van der Waals surface area contributed by atoms with Crippen LogP contribution in [0.1, 0.15) is 19.8 Å². The summed E-state index contributed by atoms with van der Waals surface area (Å²) >= 11 is 1.27. The Morgan fingerprint density at radius 3 is 2.62 bits per heavy atom. The topological polar surface area (TPSA) is 91.6 Å². The van der Waals surface area contributed by atoms with Crippen LogP contribution in [0.15, 0.2) is 39.2 Å².